The molecule has 64 valence electrons. The van der Waals surface area contributed by atoms with Crippen LogP contribution in [0.15, 0.2) is 47.6 Å². The molecule has 0 amide bonds. The van der Waals surface area contributed by atoms with Crippen molar-refractivity contribution in [2.75, 3.05) is 0 Å². The third-order valence-corrected chi connectivity index (χ3v) is 1.83. The molecule has 0 radical (unpaired) electrons. The maximum atomic E-state index is 4.02. The molecular formula is C12H16. The molecule has 0 N–H and O–H groups in total. The molecule has 0 atom stereocenters. The Morgan fingerprint density at radius 1 is 1.42 bits per heavy atom. The molecule has 0 saturated heterocycles. The highest BCUT2D eigenvalue weighted by Crippen LogP contribution is 2.18. The van der Waals surface area contributed by atoms with Gasteiger partial charge in [0.05, 0.1) is 0 Å². The van der Waals surface area contributed by atoms with Crippen LogP contribution in [0.5, 0.6) is 0 Å². The second-order valence-corrected chi connectivity index (χ2v) is 3.39. The van der Waals surface area contributed by atoms with E-state index in [0.717, 1.165) is 12.0 Å². The average Bonchev–Trinajstić information content (AvgIpc) is 2.05. The van der Waals surface area contributed by atoms with Crippen LogP contribution < -0.4 is 0 Å². The van der Waals surface area contributed by atoms with Gasteiger partial charge in [-0.25, -0.2) is 0 Å². The van der Waals surface area contributed by atoms with Crippen LogP contribution in [0.3, 0.4) is 0 Å². The molecule has 0 aliphatic heterocycles. The van der Waals surface area contributed by atoms with Crippen LogP contribution in [0.1, 0.15) is 26.7 Å². The molecule has 0 aromatic rings. The van der Waals surface area contributed by atoms with Gasteiger partial charge in [-0.3, -0.25) is 0 Å². The van der Waals surface area contributed by atoms with Gasteiger partial charge in [0.2, 0.25) is 0 Å². The lowest BCUT2D eigenvalue weighted by Crippen LogP contribution is -1.86. The minimum atomic E-state index is 1.13. The zero-order chi connectivity index (χ0) is 8.97. The van der Waals surface area contributed by atoms with Gasteiger partial charge in [-0.2, -0.15) is 0 Å². The summed E-state index contributed by atoms with van der Waals surface area (Å²) in [6.45, 7) is 8.21. The number of hydrogen-bond acceptors (Lipinski definition) is 0. The summed E-state index contributed by atoms with van der Waals surface area (Å²) in [5.41, 5.74) is 3.72. The Bertz CT molecular complexity index is 258. The van der Waals surface area contributed by atoms with Gasteiger partial charge in [-0.15, -0.1) is 0 Å². The van der Waals surface area contributed by atoms with Crippen molar-refractivity contribution in [3.63, 3.8) is 0 Å². The van der Waals surface area contributed by atoms with Gasteiger partial charge in [-0.1, -0.05) is 36.5 Å². The summed E-state index contributed by atoms with van der Waals surface area (Å²) in [6, 6.07) is 0. The second kappa shape index (κ2) is 4.10. The second-order valence-electron chi connectivity index (χ2n) is 3.39. The molecule has 1 aliphatic carbocycles. The molecule has 0 heterocycles. The van der Waals surface area contributed by atoms with Gasteiger partial charge < -0.3 is 0 Å². The molecule has 0 aromatic heterocycles. The molecule has 0 aromatic carbocycles. The summed E-state index contributed by atoms with van der Waals surface area (Å²) < 4.78 is 0. The predicted molar refractivity (Wildman–Crippen MR) is 55.0 cm³/mol. The number of allylic oxidation sites excluding steroid dienone is 7. The van der Waals surface area contributed by atoms with Gasteiger partial charge in [0.1, 0.15) is 0 Å². The van der Waals surface area contributed by atoms with Gasteiger partial charge in [0.25, 0.3) is 0 Å². The van der Waals surface area contributed by atoms with Crippen LogP contribution in [0.25, 0.3) is 0 Å². The molecular weight excluding hydrogens is 144 g/mol. The summed E-state index contributed by atoms with van der Waals surface area (Å²) in [5, 5.41) is 0. The van der Waals surface area contributed by atoms with E-state index in [2.05, 4.69) is 44.7 Å². The van der Waals surface area contributed by atoms with E-state index < -0.39 is 0 Å². The van der Waals surface area contributed by atoms with Gasteiger partial charge in [-0.05, 0) is 37.8 Å². The minimum Gasteiger partial charge on any atom is -0.0912 e. The normalized spacial score (nSPS) is 15.3. The maximum Gasteiger partial charge on any atom is -0.0233 e. The molecule has 0 spiro atoms. The minimum absolute atomic E-state index is 1.13. The van der Waals surface area contributed by atoms with Crippen molar-refractivity contribution in [3.05, 3.63) is 47.6 Å². The number of hydrogen-bond donors (Lipinski definition) is 0. The fourth-order valence-corrected chi connectivity index (χ4v) is 1.28. The van der Waals surface area contributed by atoms with Crippen molar-refractivity contribution < 1.29 is 0 Å². The van der Waals surface area contributed by atoms with Crippen molar-refractivity contribution in [1.82, 2.24) is 0 Å². The average molecular weight is 160 g/mol. The Balaban J connectivity index is 2.71. The fourth-order valence-electron chi connectivity index (χ4n) is 1.28. The lowest BCUT2D eigenvalue weighted by Gasteiger charge is -2.06. The monoisotopic (exact) mass is 160 g/mol. The van der Waals surface area contributed by atoms with E-state index >= 15 is 0 Å². The van der Waals surface area contributed by atoms with Crippen LogP contribution in [-0.2, 0) is 0 Å². The first-order valence-corrected chi connectivity index (χ1v) is 4.41. The highest BCUT2D eigenvalue weighted by molar-refractivity contribution is 5.46. The lowest BCUT2D eigenvalue weighted by atomic mass is 9.99. The van der Waals surface area contributed by atoms with Gasteiger partial charge in [0, 0.05) is 0 Å². The van der Waals surface area contributed by atoms with E-state index in [1.807, 2.05) is 0 Å². The van der Waals surface area contributed by atoms with Crippen LogP contribution in [0, 0.1) is 0 Å². The maximum absolute atomic E-state index is 4.02. The van der Waals surface area contributed by atoms with Crippen LogP contribution in [0.2, 0.25) is 0 Å². The van der Waals surface area contributed by atoms with Gasteiger partial charge >= 0.3 is 0 Å². The smallest absolute Gasteiger partial charge is 0.0233 e. The van der Waals surface area contributed by atoms with E-state index in [1.165, 1.54) is 17.6 Å². The standard InChI is InChI=1S/C12H16/c1-10(2)9-11(3)12-7-5-4-6-8-12/h5,7-9H,3-4,6H2,1-2H3. The van der Waals surface area contributed by atoms with Gasteiger partial charge in [0.15, 0.2) is 0 Å². The highest BCUT2D eigenvalue weighted by Gasteiger charge is 1.98. The van der Waals surface area contributed by atoms with Crippen molar-refractivity contribution >= 4 is 0 Å². The van der Waals surface area contributed by atoms with Crippen LogP contribution >= 0.6 is 0 Å². The summed E-state index contributed by atoms with van der Waals surface area (Å²) >= 11 is 0. The summed E-state index contributed by atoms with van der Waals surface area (Å²) in [5.74, 6) is 0. The third-order valence-electron chi connectivity index (χ3n) is 1.83. The zero-order valence-electron chi connectivity index (χ0n) is 7.93. The van der Waals surface area contributed by atoms with Crippen molar-refractivity contribution in [2.45, 2.75) is 26.7 Å². The summed E-state index contributed by atoms with van der Waals surface area (Å²) in [7, 11) is 0. The molecule has 0 nitrogen and oxygen atoms in total. The van der Waals surface area contributed by atoms with E-state index in [9.17, 15) is 0 Å². The van der Waals surface area contributed by atoms with Crippen molar-refractivity contribution in [1.29, 1.82) is 0 Å². The molecule has 12 heavy (non-hydrogen) atoms. The molecule has 0 saturated carbocycles. The largest absolute Gasteiger partial charge is 0.0912 e. The van der Waals surface area contributed by atoms with E-state index in [1.54, 1.807) is 0 Å². The molecule has 1 rings (SSSR count). The summed E-state index contributed by atoms with van der Waals surface area (Å²) in [6.07, 6.45) is 11.1. The number of rotatable bonds is 2. The first-order valence-electron chi connectivity index (χ1n) is 4.41. The van der Waals surface area contributed by atoms with Crippen molar-refractivity contribution in [2.24, 2.45) is 0 Å². The third kappa shape index (κ3) is 2.54. The Labute approximate surface area is 75.0 Å². The van der Waals surface area contributed by atoms with E-state index in [0.29, 0.717) is 0 Å². The summed E-state index contributed by atoms with van der Waals surface area (Å²) in [4.78, 5) is 0. The Kier molecular flexibility index (Phi) is 3.09. The first-order chi connectivity index (χ1) is 5.70. The van der Waals surface area contributed by atoms with E-state index in [-0.39, 0.29) is 0 Å². The Hall–Kier alpha value is -1.04. The Morgan fingerprint density at radius 3 is 2.67 bits per heavy atom. The predicted octanol–water partition coefficient (Wildman–Crippen LogP) is 3.79. The molecule has 0 unspecified atom stereocenters. The Morgan fingerprint density at radius 2 is 2.17 bits per heavy atom. The quantitative estimate of drug-likeness (QED) is 0.539. The fraction of sp³-hybridized carbons (Fsp3) is 0.333. The highest BCUT2D eigenvalue weighted by atomic mass is 14.0. The molecule has 0 bridgehead atoms. The lowest BCUT2D eigenvalue weighted by molar-refractivity contribution is 1.02. The molecule has 0 heteroatoms. The molecule has 0 fully saturated rings. The molecule has 1 aliphatic rings. The zero-order valence-corrected chi connectivity index (χ0v) is 7.93. The van der Waals surface area contributed by atoms with Crippen LogP contribution in [-0.4, -0.2) is 0 Å². The first kappa shape index (κ1) is 9.05. The topological polar surface area (TPSA) is 0 Å². The van der Waals surface area contributed by atoms with Crippen LogP contribution in [0.4, 0.5) is 0 Å². The SMILES string of the molecule is C=C(C=C(C)C)C1=CCCC=C1. The van der Waals surface area contributed by atoms with Crippen molar-refractivity contribution in [3.8, 4) is 0 Å². The van der Waals surface area contributed by atoms with E-state index in [4.69, 9.17) is 0 Å².